The second-order valence-corrected chi connectivity index (χ2v) is 7.04. The zero-order valence-electron chi connectivity index (χ0n) is 15.6. The van der Waals surface area contributed by atoms with Crippen LogP contribution in [-0.4, -0.2) is 57.8 Å². The topological polar surface area (TPSA) is 78.7 Å². The third-order valence-electron chi connectivity index (χ3n) is 4.76. The monoisotopic (exact) mass is 408 g/mol. The largest absolute Gasteiger partial charge is 0.476 e. The molecule has 3 rings (SSSR count). The zero-order chi connectivity index (χ0) is 20.3. The first-order chi connectivity index (χ1) is 13.4. The average molecular weight is 409 g/mol. The maximum atomic E-state index is 13.1. The number of aromatic nitrogens is 2. The molecule has 1 aromatic heterocycles. The van der Waals surface area contributed by atoms with E-state index in [1.807, 2.05) is 6.92 Å². The van der Waals surface area contributed by atoms with Crippen LogP contribution in [0.5, 0.6) is 0 Å². The Hall–Kier alpha value is -2.61. The van der Waals surface area contributed by atoms with E-state index in [4.69, 9.17) is 11.6 Å². The lowest BCUT2D eigenvalue weighted by molar-refractivity contribution is -0.132. The predicted octanol–water partition coefficient (Wildman–Crippen LogP) is 2.68. The number of aromatic carboxylic acids is 1. The van der Waals surface area contributed by atoms with Gasteiger partial charge in [0.05, 0.1) is 10.7 Å². The molecule has 150 valence electrons. The minimum Gasteiger partial charge on any atom is -0.476 e. The second-order valence-electron chi connectivity index (χ2n) is 6.67. The first-order valence-corrected chi connectivity index (χ1v) is 9.55. The van der Waals surface area contributed by atoms with Crippen molar-refractivity contribution in [2.24, 2.45) is 0 Å². The summed E-state index contributed by atoms with van der Waals surface area (Å²) in [5.41, 5.74) is 1.25. The third kappa shape index (κ3) is 4.27. The number of carbonyl (C=O) groups is 2. The summed E-state index contributed by atoms with van der Waals surface area (Å²) < 4.78 is 14.3. The Morgan fingerprint density at radius 3 is 2.39 bits per heavy atom. The fourth-order valence-corrected chi connectivity index (χ4v) is 3.61. The van der Waals surface area contributed by atoms with E-state index in [0.29, 0.717) is 38.3 Å². The number of carboxylic acids is 1. The zero-order valence-corrected chi connectivity index (χ0v) is 16.3. The van der Waals surface area contributed by atoms with Crippen LogP contribution in [0.2, 0.25) is 5.02 Å². The van der Waals surface area contributed by atoms with Crippen LogP contribution >= 0.6 is 11.6 Å². The van der Waals surface area contributed by atoms with E-state index in [1.165, 1.54) is 16.8 Å². The number of hydrogen-bond acceptors (Lipinski definition) is 4. The van der Waals surface area contributed by atoms with Crippen LogP contribution in [0.3, 0.4) is 0 Å². The van der Waals surface area contributed by atoms with Crippen molar-refractivity contribution in [2.75, 3.05) is 31.1 Å². The summed E-state index contributed by atoms with van der Waals surface area (Å²) in [6.07, 6.45) is 1.33. The van der Waals surface area contributed by atoms with Gasteiger partial charge in [-0.05, 0) is 30.7 Å². The predicted molar refractivity (Wildman–Crippen MR) is 103 cm³/mol. The lowest BCUT2D eigenvalue weighted by Gasteiger charge is -2.36. The van der Waals surface area contributed by atoms with Crippen molar-refractivity contribution in [2.45, 2.75) is 26.3 Å². The molecule has 1 aliphatic heterocycles. The molecule has 0 saturated carbocycles. The number of benzene rings is 1. The van der Waals surface area contributed by atoms with Crippen LogP contribution in [0, 0.1) is 5.82 Å². The van der Waals surface area contributed by atoms with Gasteiger partial charge in [-0.1, -0.05) is 24.9 Å². The number of hydrogen-bond donors (Lipinski definition) is 1. The van der Waals surface area contributed by atoms with Crippen molar-refractivity contribution in [3.63, 3.8) is 0 Å². The fraction of sp³-hybridized carbons (Fsp3) is 0.421. The molecule has 0 spiro atoms. The van der Waals surface area contributed by atoms with Gasteiger partial charge in [0.1, 0.15) is 12.4 Å². The molecule has 0 atom stereocenters. The third-order valence-corrected chi connectivity index (χ3v) is 5.16. The molecule has 0 unspecified atom stereocenters. The maximum Gasteiger partial charge on any atom is 0.355 e. The number of nitrogens with zero attached hydrogens (tertiary/aromatic N) is 4. The van der Waals surface area contributed by atoms with Gasteiger partial charge in [0.15, 0.2) is 5.69 Å². The molecule has 2 heterocycles. The summed E-state index contributed by atoms with van der Waals surface area (Å²) in [7, 11) is 0. The van der Waals surface area contributed by atoms with Crippen LogP contribution in [0.25, 0.3) is 0 Å². The molecule has 28 heavy (non-hydrogen) atoms. The van der Waals surface area contributed by atoms with Gasteiger partial charge in [-0.25, -0.2) is 13.9 Å². The van der Waals surface area contributed by atoms with Crippen LogP contribution in [0.15, 0.2) is 24.3 Å². The Kier molecular flexibility index (Phi) is 6.18. The highest BCUT2D eigenvalue weighted by Crippen LogP contribution is 2.23. The summed E-state index contributed by atoms with van der Waals surface area (Å²) in [6, 6.07) is 6.26. The molecule has 2 aromatic rings. The highest BCUT2D eigenvalue weighted by molar-refractivity contribution is 6.34. The Labute approximate surface area is 167 Å². The van der Waals surface area contributed by atoms with Crippen molar-refractivity contribution in [1.82, 2.24) is 14.7 Å². The van der Waals surface area contributed by atoms with E-state index in [1.54, 1.807) is 17.0 Å². The number of amides is 1. The Balaban J connectivity index is 1.65. The SMILES string of the molecule is CCCc1nn(CC(=O)N2CCN(c3ccc(F)cc3)CC2)c(C(=O)O)c1Cl. The van der Waals surface area contributed by atoms with E-state index in [9.17, 15) is 19.1 Å². The number of rotatable bonds is 6. The molecule has 1 saturated heterocycles. The van der Waals surface area contributed by atoms with E-state index >= 15 is 0 Å². The van der Waals surface area contributed by atoms with Gasteiger partial charge < -0.3 is 14.9 Å². The quantitative estimate of drug-likeness (QED) is 0.795. The van der Waals surface area contributed by atoms with Crippen LogP contribution in [0.4, 0.5) is 10.1 Å². The highest BCUT2D eigenvalue weighted by atomic mass is 35.5. The van der Waals surface area contributed by atoms with E-state index in [2.05, 4.69) is 10.00 Å². The van der Waals surface area contributed by atoms with Crippen molar-refractivity contribution in [1.29, 1.82) is 0 Å². The summed E-state index contributed by atoms with van der Waals surface area (Å²) in [6.45, 7) is 4.00. The molecule has 7 nitrogen and oxygen atoms in total. The normalized spacial score (nSPS) is 14.4. The number of piperazine rings is 1. The highest BCUT2D eigenvalue weighted by Gasteiger charge is 2.26. The van der Waals surface area contributed by atoms with Crippen molar-refractivity contribution in [3.8, 4) is 0 Å². The summed E-state index contributed by atoms with van der Waals surface area (Å²) >= 11 is 6.15. The number of halogens is 2. The Morgan fingerprint density at radius 2 is 1.82 bits per heavy atom. The molecular weight excluding hydrogens is 387 g/mol. The second kappa shape index (κ2) is 8.60. The molecular formula is C19H22ClFN4O3. The van der Waals surface area contributed by atoms with Crippen molar-refractivity contribution >= 4 is 29.2 Å². The van der Waals surface area contributed by atoms with E-state index < -0.39 is 5.97 Å². The lowest BCUT2D eigenvalue weighted by atomic mass is 10.2. The van der Waals surface area contributed by atoms with Crippen molar-refractivity contribution in [3.05, 3.63) is 46.5 Å². The Bertz CT molecular complexity index is 861. The molecule has 0 bridgehead atoms. The van der Waals surface area contributed by atoms with Crippen LogP contribution in [-0.2, 0) is 17.8 Å². The van der Waals surface area contributed by atoms with Gasteiger partial charge in [0.25, 0.3) is 0 Å². The number of carboxylic acid groups (broad SMARTS) is 1. The summed E-state index contributed by atoms with van der Waals surface area (Å²) in [5, 5.41) is 13.8. The fourth-order valence-electron chi connectivity index (χ4n) is 3.30. The first-order valence-electron chi connectivity index (χ1n) is 9.17. The summed E-state index contributed by atoms with van der Waals surface area (Å²) in [5.74, 6) is -1.69. The van der Waals surface area contributed by atoms with E-state index in [0.717, 1.165) is 12.1 Å². The van der Waals surface area contributed by atoms with Gasteiger partial charge in [-0.3, -0.25) is 4.79 Å². The van der Waals surface area contributed by atoms with Crippen molar-refractivity contribution < 1.29 is 19.1 Å². The maximum absolute atomic E-state index is 13.1. The molecule has 0 aliphatic carbocycles. The Morgan fingerprint density at radius 1 is 1.18 bits per heavy atom. The minimum absolute atomic E-state index is 0.100. The lowest BCUT2D eigenvalue weighted by Crippen LogP contribution is -2.49. The number of anilines is 1. The number of aryl methyl sites for hydroxylation is 1. The van der Waals surface area contributed by atoms with Crippen LogP contribution < -0.4 is 4.90 Å². The van der Waals surface area contributed by atoms with Gasteiger partial charge in [0, 0.05) is 31.9 Å². The van der Waals surface area contributed by atoms with E-state index in [-0.39, 0.29) is 29.0 Å². The molecule has 1 aromatic carbocycles. The minimum atomic E-state index is -1.20. The molecule has 1 aliphatic rings. The molecule has 1 amide bonds. The molecule has 9 heteroatoms. The average Bonchev–Trinajstić information content (AvgIpc) is 2.98. The molecule has 1 fully saturated rings. The molecule has 0 radical (unpaired) electrons. The van der Waals surface area contributed by atoms with Gasteiger partial charge in [-0.15, -0.1) is 0 Å². The standard InChI is InChI=1S/C19H22ClFN4O3/c1-2-3-15-17(20)18(19(27)28)25(22-15)12-16(26)24-10-8-23(9-11-24)14-6-4-13(21)5-7-14/h4-7H,2-3,8-12H2,1H3,(H,27,28). The smallest absolute Gasteiger partial charge is 0.355 e. The molecule has 1 N–H and O–H groups in total. The first kappa shape index (κ1) is 20.1. The van der Waals surface area contributed by atoms with Gasteiger partial charge >= 0.3 is 5.97 Å². The number of carbonyl (C=O) groups excluding carboxylic acids is 1. The summed E-state index contributed by atoms with van der Waals surface area (Å²) in [4.78, 5) is 28.0. The van der Waals surface area contributed by atoms with Gasteiger partial charge in [0.2, 0.25) is 5.91 Å². The van der Waals surface area contributed by atoms with Gasteiger partial charge in [-0.2, -0.15) is 5.10 Å². The van der Waals surface area contributed by atoms with Crippen LogP contribution in [0.1, 0.15) is 29.5 Å².